The van der Waals surface area contributed by atoms with Gasteiger partial charge in [0.05, 0.1) is 17.0 Å². The minimum atomic E-state index is -3.95. The molecule has 0 bridgehead atoms. The van der Waals surface area contributed by atoms with E-state index in [-0.39, 0.29) is 26.3 Å². The third-order valence-electron chi connectivity index (χ3n) is 4.56. The summed E-state index contributed by atoms with van der Waals surface area (Å²) in [6.45, 7) is 0. The third-order valence-corrected chi connectivity index (χ3v) is 6.66. The van der Waals surface area contributed by atoms with E-state index in [0.29, 0.717) is 28.3 Å². The van der Waals surface area contributed by atoms with Crippen molar-refractivity contribution in [3.05, 3.63) is 82.5 Å². The number of halogens is 2. The number of benzene rings is 2. The zero-order chi connectivity index (χ0) is 22.9. The van der Waals surface area contributed by atoms with Gasteiger partial charge in [-0.3, -0.25) is 4.72 Å². The molecule has 4 rings (SSSR count). The highest BCUT2D eigenvalue weighted by molar-refractivity contribution is 7.92. The van der Waals surface area contributed by atoms with Gasteiger partial charge in [-0.1, -0.05) is 35.3 Å². The number of nitrogens with one attached hydrogen (secondary N) is 1. The Kier molecular flexibility index (Phi) is 5.80. The number of sulfonamides is 1. The largest absolute Gasteiger partial charge is 0.464 e. The fraction of sp³-hybridized carbons (Fsp3) is 0. The maximum Gasteiger partial charge on any atom is 0.263 e. The summed E-state index contributed by atoms with van der Waals surface area (Å²) in [5, 5.41) is 9.75. The second-order valence-electron chi connectivity index (χ2n) is 6.66. The third kappa shape index (κ3) is 4.27. The van der Waals surface area contributed by atoms with Crippen LogP contribution in [-0.2, 0) is 10.0 Å². The van der Waals surface area contributed by atoms with Gasteiger partial charge in [0.2, 0.25) is 0 Å². The number of furan rings is 1. The van der Waals surface area contributed by atoms with E-state index in [2.05, 4.69) is 9.71 Å². The lowest BCUT2D eigenvalue weighted by Gasteiger charge is -2.11. The Morgan fingerprint density at radius 2 is 1.81 bits per heavy atom. The van der Waals surface area contributed by atoms with E-state index < -0.39 is 10.0 Å². The van der Waals surface area contributed by atoms with Crippen molar-refractivity contribution in [1.29, 1.82) is 5.26 Å². The van der Waals surface area contributed by atoms with Crippen LogP contribution in [0.15, 0.2) is 76.2 Å². The molecule has 2 aromatic heterocycles. The van der Waals surface area contributed by atoms with Crippen LogP contribution in [-0.4, -0.2) is 13.4 Å². The van der Waals surface area contributed by atoms with Gasteiger partial charge in [0, 0.05) is 21.8 Å². The van der Waals surface area contributed by atoms with E-state index in [0.717, 1.165) is 0 Å². The van der Waals surface area contributed by atoms with Gasteiger partial charge in [-0.25, -0.2) is 13.4 Å². The lowest BCUT2D eigenvalue weighted by molar-refractivity contribution is 0.582. The van der Waals surface area contributed by atoms with Crippen molar-refractivity contribution in [2.24, 2.45) is 0 Å². The molecule has 0 atom stereocenters. The molecule has 2 heterocycles. The molecule has 2 aromatic carbocycles. The Morgan fingerprint density at radius 1 is 1.06 bits per heavy atom. The molecular formula is C22H14Cl2N4O3S. The maximum atomic E-state index is 12.7. The Morgan fingerprint density at radius 3 is 2.47 bits per heavy atom. The fourth-order valence-corrected chi connectivity index (χ4v) is 4.88. The average Bonchev–Trinajstić information content (AvgIpc) is 3.30. The maximum absolute atomic E-state index is 12.7. The van der Waals surface area contributed by atoms with Crippen molar-refractivity contribution < 1.29 is 12.8 Å². The normalized spacial score (nSPS) is 11.2. The lowest BCUT2D eigenvalue weighted by atomic mass is 10.0. The summed E-state index contributed by atoms with van der Waals surface area (Å²) in [5.41, 5.74) is 8.20. The molecule has 0 amide bonds. The molecule has 3 N–H and O–H groups in total. The number of hydrogen-bond acceptors (Lipinski definition) is 6. The number of anilines is 2. The SMILES string of the molecule is N#Cc1c(-c2ccco2)cc(-c2ccc(NS(=O)(=O)c3cc(Cl)ccc3Cl)cc2)nc1N. The number of nitriles is 1. The van der Waals surface area contributed by atoms with Gasteiger partial charge in [0.25, 0.3) is 10.0 Å². The molecule has 7 nitrogen and oxygen atoms in total. The molecule has 0 fully saturated rings. The van der Waals surface area contributed by atoms with E-state index in [4.69, 9.17) is 33.4 Å². The molecule has 0 saturated carbocycles. The molecule has 0 aliphatic rings. The number of nitrogens with zero attached hydrogens (tertiary/aromatic N) is 2. The Hall–Kier alpha value is -3.51. The van der Waals surface area contributed by atoms with Gasteiger partial charge in [0.15, 0.2) is 0 Å². The summed E-state index contributed by atoms with van der Waals surface area (Å²) in [6.07, 6.45) is 1.50. The van der Waals surface area contributed by atoms with Crippen LogP contribution in [0.3, 0.4) is 0 Å². The van der Waals surface area contributed by atoms with Crippen molar-refractivity contribution in [2.45, 2.75) is 4.90 Å². The van der Waals surface area contributed by atoms with Gasteiger partial charge >= 0.3 is 0 Å². The number of rotatable bonds is 5. The Bertz CT molecular complexity index is 1450. The standard InChI is InChI=1S/C22H14Cl2N4O3S/c23-14-5-8-18(24)21(10-14)32(29,30)28-15-6-3-13(4-7-15)19-11-16(20-2-1-9-31-20)17(12-25)22(26)27-19/h1-11,28H,(H2,26,27). The van der Waals surface area contributed by atoms with Gasteiger partial charge in [-0.2, -0.15) is 5.26 Å². The zero-order valence-corrected chi connectivity index (χ0v) is 18.5. The molecule has 160 valence electrons. The van der Waals surface area contributed by atoms with Crippen LogP contribution in [0.4, 0.5) is 11.5 Å². The van der Waals surface area contributed by atoms with Crippen molar-refractivity contribution >= 4 is 44.7 Å². The predicted molar refractivity (Wildman–Crippen MR) is 124 cm³/mol. The quantitative estimate of drug-likeness (QED) is 0.381. The first kappa shape index (κ1) is 21.7. The zero-order valence-electron chi connectivity index (χ0n) is 16.2. The van der Waals surface area contributed by atoms with Crippen LogP contribution in [0, 0.1) is 11.3 Å². The topological polar surface area (TPSA) is 122 Å². The van der Waals surface area contributed by atoms with Gasteiger partial charge in [-0.05, 0) is 48.5 Å². The molecular weight excluding hydrogens is 471 g/mol. The highest BCUT2D eigenvalue weighted by atomic mass is 35.5. The molecule has 10 heteroatoms. The van der Waals surface area contributed by atoms with Crippen molar-refractivity contribution in [3.63, 3.8) is 0 Å². The summed E-state index contributed by atoms with van der Waals surface area (Å²) in [5.74, 6) is 0.552. The van der Waals surface area contributed by atoms with E-state index in [9.17, 15) is 13.7 Å². The first-order chi connectivity index (χ1) is 15.3. The van der Waals surface area contributed by atoms with E-state index in [1.165, 1.54) is 24.5 Å². The highest BCUT2D eigenvalue weighted by Crippen LogP contribution is 2.32. The van der Waals surface area contributed by atoms with Crippen LogP contribution in [0.5, 0.6) is 0 Å². The molecule has 0 unspecified atom stereocenters. The molecule has 4 aromatic rings. The number of pyridine rings is 1. The molecule has 32 heavy (non-hydrogen) atoms. The minimum Gasteiger partial charge on any atom is -0.464 e. The highest BCUT2D eigenvalue weighted by Gasteiger charge is 2.19. The fourth-order valence-electron chi connectivity index (χ4n) is 3.06. The van der Waals surface area contributed by atoms with Crippen LogP contribution >= 0.6 is 23.2 Å². The van der Waals surface area contributed by atoms with Crippen molar-refractivity contribution in [1.82, 2.24) is 4.98 Å². The summed E-state index contributed by atoms with van der Waals surface area (Å²) >= 11 is 11.9. The number of hydrogen-bond donors (Lipinski definition) is 2. The Labute approximate surface area is 194 Å². The molecule has 0 aliphatic carbocycles. The van der Waals surface area contributed by atoms with Gasteiger partial charge < -0.3 is 10.2 Å². The number of nitrogen functional groups attached to an aromatic ring is 1. The van der Waals surface area contributed by atoms with Crippen molar-refractivity contribution in [3.8, 4) is 28.7 Å². The lowest BCUT2D eigenvalue weighted by Crippen LogP contribution is -2.13. The number of aromatic nitrogens is 1. The Balaban J connectivity index is 1.66. The van der Waals surface area contributed by atoms with Gasteiger partial charge in [-0.15, -0.1) is 0 Å². The van der Waals surface area contributed by atoms with E-state index in [1.807, 2.05) is 6.07 Å². The number of nitrogens with two attached hydrogens (primary N) is 1. The minimum absolute atomic E-state index is 0.0567. The first-order valence-electron chi connectivity index (χ1n) is 9.11. The first-order valence-corrected chi connectivity index (χ1v) is 11.4. The van der Waals surface area contributed by atoms with Crippen LogP contribution in [0.1, 0.15) is 5.56 Å². The smallest absolute Gasteiger partial charge is 0.263 e. The van der Waals surface area contributed by atoms with Crippen LogP contribution < -0.4 is 10.5 Å². The monoisotopic (exact) mass is 484 g/mol. The van der Waals surface area contributed by atoms with Crippen molar-refractivity contribution in [2.75, 3.05) is 10.5 Å². The molecule has 0 saturated heterocycles. The summed E-state index contributed by atoms with van der Waals surface area (Å²) in [7, 11) is -3.95. The van der Waals surface area contributed by atoms with Crippen LogP contribution in [0.25, 0.3) is 22.6 Å². The average molecular weight is 485 g/mol. The molecule has 0 radical (unpaired) electrons. The molecule has 0 spiro atoms. The second-order valence-corrected chi connectivity index (χ2v) is 9.16. The summed E-state index contributed by atoms with van der Waals surface area (Å²) in [4.78, 5) is 4.18. The van der Waals surface area contributed by atoms with Gasteiger partial charge in [0.1, 0.15) is 28.1 Å². The second kappa shape index (κ2) is 8.55. The summed E-state index contributed by atoms with van der Waals surface area (Å²) in [6, 6.07) is 17.9. The van der Waals surface area contributed by atoms with E-state index in [1.54, 1.807) is 42.5 Å². The van der Waals surface area contributed by atoms with Crippen LogP contribution in [0.2, 0.25) is 10.0 Å². The summed E-state index contributed by atoms with van der Waals surface area (Å²) < 4.78 is 33.3. The predicted octanol–water partition coefficient (Wildman–Crippen LogP) is 5.57. The van der Waals surface area contributed by atoms with E-state index >= 15 is 0 Å². The molecule has 0 aliphatic heterocycles.